The lowest BCUT2D eigenvalue weighted by Gasteiger charge is -2.10. The molecule has 13 heteroatoms. The summed E-state index contributed by atoms with van der Waals surface area (Å²) in [6.07, 6.45) is 4.22. The third-order valence-corrected chi connectivity index (χ3v) is 5.53. The highest BCUT2D eigenvalue weighted by Gasteiger charge is 2.12. The molecule has 0 bridgehead atoms. The lowest BCUT2D eigenvalue weighted by atomic mass is 10.1. The molecule has 0 radical (unpaired) electrons. The normalized spacial score (nSPS) is 10.1. The number of nitrogen functional groups attached to an aromatic ring is 1. The Bertz CT molecular complexity index is 1700. The van der Waals surface area contributed by atoms with Gasteiger partial charge in [-0.3, -0.25) is 5.32 Å². The minimum absolute atomic E-state index is 0.0210. The second kappa shape index (κ2) is 20.1. The third kappa shape index (κ3) is 14.1. The molecule has 4 rings (SSSR count). The zero-order valence-electron chi connectivity index (χ0n) is 25.0. The smallest absolute Gasteiger partial charge is 0.417 e. The molecule has 0 saturated carbocycles. The molecule has 0 aliphatic carbocycles. The molecule has 0 heterocycles. The summed E-state index contributed by atoms with van der Waals surface area (Å²) in [6, 6.07) is 25.6. The van der Waals surface area contributed by atoms with Crippen molar-refractivity contribution in [3.63, 3.8) is 0 Å². The molecule has 0 atom stereocenters. The number of nitrogens with two attached hydrogens (primary N) is 1. The predicted octanol–water partition coefficient (Wildman–Crippen LogP) is 7.64. The zero-order chi connectivity index (χ0) is 34.6. The second-order valence-corrected chi connectivity index (χ2v) is 8.95. The molecule has 0 aliphatic heterocycles. The topological polar surface area (TPSA) is 143 Å². The molecule has 0 aliphatic rings. The van der Waals surface area contributed by atoms with Crippen molar-refractivity contribution in [2.45, 2.75) is 0 Å². The number of para-hydroxylation sites is 4. The van der Waals surface area contributed by atoms with Crippen LogP contribution >= 0.6 is 11.6 Å². The quantitative estimate of drug-likeness (QED) is 0.0880. The van der Waals surface area contributed by atoms with Gasteiger partial charge in [-0.05, 0) is 48.6 Å². The Morgan fingerprint density at radius 1 is 0.660 bits per heavy atom. The molecule has 3 N–H and O–H groups in total. The number of halogens is 3. The maximum Gasteiger partial charge on any atom is 0.417 e. The van der Waals surface area contributed by atoms with Crippen LogP contribution in [0.4, 0.5) is 29.7 Å². The Balaban J connectivity index is 0.000000271. The van der Waals surface area contributed by atoms with E-state index in [1.54, 1.807) is 66.7 Å². The number of nitrogens with one attached hydrogen (secondary N) is 1. The fourth-order valence-electron chi connectivity index (χ4n) is 3.27. The predicted molar refractivity (Wildman–Crippen MR) is 174 cm³/mol. The molecule has 0 spiro atoms. The average molecular weight is 667 g/mol. The van der Waals surface area contributed by atoms with Crippen molar-refractivity contribution in [2.75, 3.05) is 25.3 Å². The number of amides is 1. The van der Waals surface area contributed by atoms with Crippen molar-refractivity contribution in [1.29, 1.82) is 0 Å². The molecule has 0 fully saturated rings. The largest absolute Gasteiger partial charge is 0.466 e. The zero-order valence-corrected chi connectivity index (χ0v) is 25.8. The molecule has 4 aromatic rings. The highest BCUT2D eigenvalue weighted by molar-refractivity contribution is 6.61. The molecule has 4 aromatic carbocycles. The van der Waals surface area contributed by atoms with Crippen molar-refractivity contribution >= 4 is 58.6 Å². The SMILES string of the molecule is COC(=O)/C=C/c1cccc(F)c1N.COC(=O)/C=C/c1cccc(F)c1NC(=O)Oc1ccccc1.O=C(Cl)Oc1ccccc1. The number of ether oxygens (including phenoxy) is 4. The molecule has 0 unspecified atom stereocenters. The van der Waals surface area contributed by atoms with E-state index >= 15 is 0 Å². The maximum atomic E-state index is 13.9. The van der Waals surface area contributed by atoms with E-state index in [1.165, 1.54) is 56.7 Å². The fraction of sp³-hybridized carbons (Fsp3) is 0.0588. The number of hydrogen-bond donors (Lipinski definition) is 2. The Morgan fingerprint density at radius 2 is 1.13 bits per heavy atom. The standard InChI is InChI=1S/C17H14FNO4.C10H10FNO2.C7H5ClO2/c1-22-15(20)11-10-12-6-5-9-14(18)16(12)19-17(21)23-13-7-3-2-4-8-13;1-14-9(13)6-5-7-3-2-4-8(11)10(7)12;8-7(9)10-6-4-2-1-3-5-6/h2-11H,1H3,(H,19,21);2-6H,12H2,1H3;1-5H/b11-10+;6-5+;. The fourth-order valence-corrected chi connectivity index (χ4v) is 3.36. The summed E-state index contributed by atoms with van der Waals surface area (Å²) in [6.45, 7) is 0. The maximum absolute atomic E-state index is 13.9. The van der Waals surface area contributed by atoms with Crippen LogP contribution in [0, 0.1) is 11.6 Å². The number of carbonyl (C=O) groups excluding carboxylic acids is 4. The number of hydrogen-bond acceptors (Lipinski definition) is 9. The minimum atomic E-state index is -0.839. The van der Waals surface area contributed by atoms with Crippen molar-refractivity contribution < 1.29 is 46.9 Å². The molecule has 10 nitrogen and oxygen atoms in total. The lowest BCUT2D eigenvalue weighted by molar-refractivity contribution is -0.135. The molecule has 47 heavy (non-hydrogen) atoms. The first-order valence-electron chi connectivity index (χ1n) is 13.3. The van der Waals surface area contributed by atoms with Gasteiger partial charge in [0.15, 0.2) is 0 Å². The highest BCUT2D eigenvalue weighted by atomic mass is 35.5. The van der Waals surface area contributed by atoms with Gasteiger partial charge in [-0.15, -0.1) is 0 Å². The van der Waals surface area contributed by atoms with Gasteiger partial charge in [-0.25, -0.2) is 28.0 Å². The third-order valence-electron chi connectivity index (χ3n) is 5.45. The van der Waals surface area contributed by atoms with Crippen LogP contribution in [0.15, 0.2) is 109 Å². The van der Waals surface area contributed by atoms with E-state index in [1.807, 2.05) is 6.07 Å². The summed E-state index contributed by atoms with van der Waals surface area (Å²) in [7, 11) is 2.50. The second-order valence-electron chi connectivity index (χ2n) is 8.64. The number of benzene rings is 4. The minimum Gasteiger partial charge on any atom is -0.466 e. The number of anilines is 2. The van der Waals surface area contributed by atoms with Gasteiger partial charge in [0.25, 0.3) is 0 Å². The van der Waals surface area contributed by atoms with Crippen LogP contribution in [0.5, 0.6) is 11.5 Å². The van der Waals surface area contributed by atoms with Crippen LogP contribution < -0.4 is 20.5 Å². The molecule has 244 valence electrons. The van der Waals surface area contributed by atoms with E-state index in [0.717, 1.165) is 6.08 Å². The van der Waals surface area contributed by atoms with Gasteiger partial charge in [-0.2, -0.15) is 0 Å². The van der Waals surface area contributed by atoms with E-state index in [4.69, 9.17) is 22.1 Å². The Hall–Kier alpha value is -6.01. The first kappa shape index (κ1) is 37.2. The van der Waals surface area contributed by atoms with Crippen LogP contribution in [0.2, 0.25) is 0 Å². The van der Waals surface area contributed by atoms with Crippen molar-refractivity contribution in [3.8, 4) is 11.5 Å². The van der Waals surface area contributed by atoms with Crippen molar-refractivity contribution in [3.05, 3.63) is 132 Å². The van der Waals surface area contributed by atoms with E-state index < -0.39 is 35.1 Å². The molecule has 0 aromatic heterocycles. The van der Waals surface area contributed by atoms with Gasteiger partial charge >= 0.3 is 23.5 Å². The average Bonchev–Trinajstić information content (AvgIpc) is 3.06. The monoisotopic (exact) mass is 666 g/mol. The van der Waals surface area contributed by atoms with Crippen LogP contribution in [0.3, 0.4) is 0 Å². The van der Waals surface area contributed by atoms with Gasteiger partial charge in [0, 0.05) is 34.9 Å². The Morgan fingerprint density at radius 3 is 1.64 bits per heavy atom. The number of rotatable bonds is 7. The summed E-state index contributed by atoms with van der Waals surface area (Å²) in [5.74, 6) is -1.46. The Kier molecular flexibility index (Phi) is 15.9. The number of carbonyl (C=O) groups is 4. The van der Waals surface area contributed by atoms with Gasteiger partial charge in [0.1, 0.15) is 23.1 Å². The summed E-state index contributed by atoms with van der Waals surface area (Å²) >= 11 is 4.95. The molecular weight excluding hydrogens is 638 g/mol. The van der Waals surface area contributed by atoms with E-state index in [-0.39, 0.29) is 11.4 Å². The highest BCUT2D eigenvalue weighted by Crippen LogP contribution is 2.22. The van der Waals surface area contributed by atoms with Gasteiger partial charge in [0.2, 0.25) is 0 Å². The number of esters is 2. The first-order chi connectivity index (χ1) is 22.5. The van der Waals surface area contributed by atoms with Gasteiger partial charge in [0.05, 0.1) is 25.6 Å². The van der Waals surface area contributed by atoms with Crippen LogP contribution in [0.25, 0.3) is 12.2 Å². The summed E-state index contributed by atoms with van der Waals surface area (Å²) in [5, 5.41) is 2.33. The summed E-state index contributed by atoms with van der Waals surface area (Å²) in [4.78, 5) is 43.9. The summed E-state index contributed by atoms with van der Waals surface area (Å²) in [5.41, 5.74) is 5.31. The molecule has 0 saturated heterocycles. The van der Waals surface area contributed by atoms with Crippen LogP contribution in [-0.2, 0) is 19.1 Å². The number of methoxy groups -OCH3 is 2. The Labute approximate surface area is 274 Å². The van der Waals surface area contributed by atoms with E-state index in [9.17, 15) is 28.0 Å². The van der Waals surface area contributed by atoms with Gasteiger partial charge < -0.3 is 24.7 Å². The molecule has 1 amide bonds. The van der Waals surface area contributed by atoms with Crippen molar-refractivity contribution in [2.24, 2.45) is 0 Å². The van der Waals surface area contributed by atoms with Crippen molar-refractivity contribution in [1.82, 2.24) is 0 Å². The molecular formula is C34H29ClF2N2O8. The van der Waals surface area contributed by atoms with Crippen LogP contribution in [-0.4, -0.2) is 37.7 Å². The van der Waals surface area contributed by atoms with E-state index in [0.29, 0.717) is 22.6 Å². The van der Waals surface area contributed by atoms with Gasteiger partial charge in [-0.1, -0.05) is 60.7 Å². The van der Waals surface area contributed by atoms with E-state index in [2.05, 4.69) is 19.5 Å². The lowest BCUT2D eigenvalue weighted by Crippen LogP contribution is -2.18. The van der Waals surface area contributed by atoms with Crippen LogP contribution in [0.1, 0.15) is 11.1 Å². The first-order valence-corrected chi connectivity index (χ1v) is 13.7. The summed E-state index contributed by atoms with van der Waals surface area (Å²) < 4.78 is 45.3.